The van der Waals surface area contributed by atoms with Crippen LogP contribution in [0.15, 0.2) is 48.5 Å². The third-order valence-electron chi connectivity index (χ3n) is 4.10. The molecule has 0 saturated heterocycles. The SMILES string of the molecule is COc1ccc(C(OCC[N+](=O)[O-])(OCC[N+](=O)[O-])c2ccc(OC)cc2)cc1. The van der Waals surface area contributed by atoms with Crippen molar-refractivity contribution in [1.29, 1.82) is 0 Å². The molecule has 156 valence electrons. The van der Waals surface area contributed by atoms with Crippen LogP contribution in [0, 0.1) is 20.2 Å². The van der Waals surface area contributed by atoms with Crippen LogP contribution in [0.5, 0.6) is 11.5 Å². The Bertz CT molecular complexity index is 738. The average Bonchev–Trinajstić information content (AvgIpc) is 2.72. The van der Waals surface area contributed by atoms with Crippen LogP contribution in [0.2, 0.25) is 0 Å². The zero-order valence-corrected chi connectivity index (χ0v) is 16.1. The van der Waals surface area contributed by atoms with Gasteiger partial charge in [0, 0.05) is 21.0 Å². The van der Waals surface area contributed by atoms with Crippen LogP contribution in [0.4, 0.5) is 0 Å². The maximum atomic E-state index is 10.8. The van der Waals surface area contributed by atoms with Crippen molar-refractivity contribution in [2.45, 2.75) is 5.79 Å². The first kappa shape index (κ1) is 22.1. The Labute approximate surface area is 167 Å². The fourth-order valence-corrected chi connectivity index (χ4v) is 2.69. The van der Waals surface area contributed by atoms with Gasteiger partial charge in [0.2, 0.25) is 18.9 Å². The maximum absolute atomic E-state index is 10.8. The van der Waals surface area contributed by atoms with E-state index in [-0.39, 0.29) is 13.2 Å². The van der Waals surface area contributed by atoms with Gasteiger partial charge in [0.05, 0.1) is 14.2 Å². The van der Waals surface area contributed by atoms with Gasteiger partial charge in [-0.2, -0.15) is 0 Å². The van der Waals surface area contributed by atoms with Gasteiger partial charge in [-0.15, -0.1) is 0 Å². The minimum absolute atomic E-state index is 0.260. The van der Waals surface area contributed by atoms with Crippen LogP contribution in [-0.4, -0.2) is 50.4 Å². The molecular weight excluding hydrogens is 384 g/mol. The lowest BCUT2D eigenvalue weighted by molar-refractivity contribution is -0.493. The van der Waals surface area contributed by atoms with Crippen LogP contribution >= 0.6 is 0 Å². The molecule has 29 heavy (non-hydrogen) atoms. The highest BCUT2D eigenvalue weighted by molar-refractivity contribution is 5.39. The third kappa shape index (κ3) is 5.87. The molecule has 0 aliphatic heterocycles. The zero-order chi connectivity index (χ0) is 21.3. The maximum Gasteiger partial charge on any atom is 0.227 e. The van der Waals surface area contributed by atoms with Crippen molar-refractivity contribution >= 4 is 0 Å². The highest BCUT2D eigenvalue weighted by Crippen LogP contribution is 2.37. The Morgan fingerprint density at radius 2 is 1.07 bits per heavy atom. The molecular formula is C19H22N2O8. The predicted octanol–water partition coefficient (Wildman–Crippen LogP) is 2.49. The summed E-state index contributed by atoms with van der Waals surface area (Å²) in [6, 6.07) is 13.5. The summed E-state index contributed by atoms with van der Waals surface area (Å²) < 4.78 is 22.1. The molecule has 10 heteroatoms. The molecule has 0 radical (unpaired) electrons. The lowest BCUT2D eigenvalue weighted by atomic mass is 9.96. The normalized spacial score (nSPS) is 11.1. The van der Waals surface area contributed by atoms with Crippen molar-refractivity contribution in [2.75, 3.05) is 40.5 Å². The Balaban J connectivity index is 2.50. The molecule has 0 amide bonds. The number of rotatable bonds is 12. The first-order chi connectivity index (χ1) is 13.9. The molecule has 2 aromatic rings. The molecule has 10 nitrogen and oxygen atoms in total. The van der Waals surface area contributed by atoms with Gasteiger partial charge in [-0.25, -0.2) is 0 Å². The summed E-state index contributed by atoms with van der Waals surface area (Å²) >= 11 is 0. The molecule has 2 rings (SSSR count). The van der Waals surface area contributed by atoms with E-state index in [2.05, 4.69) is 0 Å². The van der Waals surface area contributed by atoms with E-state index in [0.717, 1.165) is 0 Å². The fraction of sp³-hybridized carbons (Fsp3) is 0.368. The zero-order valence-electron chi connectivity index (χ0n) is 16.1. The van der Waals surface area contributed by atoms with E-state index >= 15 is 0 Å². The van der Waals surface area contributed by atoms with Crippen molar-refractivity contribution in [3.63, 3.8) is 0 Å². The van der Waals surface area contributed by atoms with Gasteiger partial charge in [0.15, 0.2) is 0 Å². The minimum atomic E-state index is -1.58. The van der Waals surface area contributed by atoms with E-state index in [1.807, 2.05) is 0 Å². The molecule has 0 aromatic heterocycles. The van der Waals surface area contributed by atoms with Crippen molar-refractivity contribution in [1.82, 2.24) is 0 Å². The smallest absolute Gasteiger partial charge is 0.227 e. The summed E-state index contributed by atoms with van der Waals surface area (Å²) in [5.41, 5.74) is 1.02. The van der Waals surface area contributed by atoms with E-state index in [4.69, 9.17) is 18.9 Å². The largest absolute Gasteiger partial charge is 0.497 e. The molecule has 0 saturated carbocycles. The molecule has 0 unspecified atom stereocenters. The summed E-state index contributed by atoms with van der Waals surface area (Å²) in [6.07, 6.45) is 0. The number of hydrogen-bond acceptors (Lipinski definition) is 8. The highest BCUT2D eigenvalue weighted by atomic mass is 16.7. The van der Waals surface area contributed by atoms with Crippen molar-refractivity contribution < 1.29 is 28.8 Å². The quantitative estimate of drug-likeness (QED) is 0.299. The average molecular weight is 406 g/mol. The Morgan fingerprint density at radius 1 is 0.724 bits per heavy atom. The number of nitrogens with zero attached hydrogens (tertiary/aromatic N) is 2. The Hall–Kier alpha value is -3.24. The molecule has 0 atom stereocenters. The lowest BCUT2D eigenvalue weighted by Crippen LogP contribution is -2.37. The van der Waals surface area contributed by atoms with Gasteiger partial charge < -0.3 is 18.9 Å². The number of benzene rings is 2. The van der Waals surface area contributed by atoms with E-state index in [1.165, 1.54) is 14.2 Å². The standard InChI is InChI=1S/C19H22N2O8/c1-26-17-7-3-15(4-8-17)19(28-13-11-20(22)23,29-14-12-21(24)25)16-5-9-18(27-2)10-6-16/h3-10H,11-14H2,1-2H3. The molecule has 0 spiro atoms. The molecule has 0 heterocycles. The van der Waals surface area contributed by atoms with Gasteiger partial charge in [0.1, 0.15) is 24.7 Å². The number of ether oxygens (including phenoxy) is 4. The summed E-state index contributed by atoms with van der Waals surface area (Å²) in [4.78, 5) is 20.6. The van der Waals surface area contributed by atoms with Crippen LogP contribution < -0.4 is 9.47 Å². The van der Waals surface area contributed by atoms with Crippen LogP contribution in [0.1, 0.15) is 11.1 Å². The topological polar surface area (TPSA) is 123 Å². The van der Waals surface area contributed by atoms with E-state index < -0.39 is 28.7 Å². The van der Waals surface area contributed by atoms with Gasteiger partial charge in [-0.1, -0.05) is 0 Å². The Kier molecular flexibility index (Phi) is 7.87. The minimum Gasteiger partial charge on any atom is -0.497 e. The lowest BCUT2D eigenvalue weighted by Gasteiger charge is -2.34. The van der Waals surface area contributed by atoms with Gasteiger partial charge >= 0.3 is 0 Å². The molecule has 2 aromatic carbocycles. The first-order valence-electron chi connectivity index (χ1n) is 8.72. The highest BCUT2D eigenvalue weighted by Gasteiger charge is 2.38. The predicted molar refractivity (Wildman–Crippen MR) is 102 cm³/mol. The Morgan fingerprint density at radius 3 is 1.34 bits per heavy atom. The first-order valence-corrected chi connectivity index (χ1v) is 8.72. The molecule has 0 bridgehead atoms. The van der Waals surface area contributed by atoms with Crippen molar-refractivity contribution in [3.05, 3.63) is 79.9 Å². The molecule has 0 aliphatic rings. The van der Waals surface area contributed by atoms with Crippen LogP contribution in [0.3, 0.4) is 0 Å². The van der Waals surface area contributed by atoms with Gasteiger partial charge in [0.25, 0.3) is 0 Å². The number of hydrogen-bond donors (Lipinski definition) is 0. The molecule has 0 fully saturated rings. The van der Waals surface area contributed by atoms with Crippen molar-refractivity contribution in [2.24, 2.45) is 0 Å². The van der Waals surface area contributed by atoms with Gasteiger partial charge in [-0.3, -0.25) is 20.2 Å². The van der Waals surface area contributed by atoms with E-state index in [0.29, 0.717) is 22.6 Å². The number of nitro groups is 2. The summed E-state index contributed by atoms with van der Waals surface area (Å²) in [5.74, 6) is -0.397. The molecule has 0 aliphatic carbocycles. The second-order valence-corrected chi connectivity index (χ2v) is 5.88. The summed E-state index contributed by atoms with van der Waals surface area (Å²) in [7, 11) is 3.04. The summed E-state index contributed by atoms with van der Waals surface area (Å²) in [5, 5.41) is 21.6. The van der Waals surface area contributed by atoms with Crippen LogP contribution in [0.25, 0.3) is 0 Å². The third-order valence-corrected chi connectivity index (χ3v) is 4.10. The second-order valence-electron chi connectivity index (χ2n) is 5.88. The number of methoxy groups -OCH3 is 2. The van der Waals surface area contributed by atoms with Gasteiger partial charge in [-0.05, 0) is 48.5 Å². The monoisotopic (exact) mass is 406 g/mol. The van der Waals surface area contributed by atoms with Crippen LogP contribution in [-0.2, 0) is 15.3 Å². The van der Waals surface area contributed by atoms with E-state index in [1.54, 1.807) is 48.5 Å². The second kappa shape index (κ2) is 10.3. The fourth-order valence-electron chi connectivity index (χ4n) is 2.69. The van der Waals surface area contributed by atoms with Crippen molar-refractivity contribution in [3.8, 4) is 11.5 Å². The van der Waals surface area contributed by atoms with E-state index in [9.17, 15) is 20.2 Å². The molecule has 0 N–H and O–H groups in total. The summed E-state index contributed by atoms with van der Waals surface area (Å²) in [6.45, 7) is -1.42.